The third-order valence-electron chi connectivity index (χ3n) is 3.39. The lowest BCUT2D eigenvalue weighted by Crippen LogP contribution is -2.54. The predicted molar refractivity (Wildman–Crippen MR) is 83.2 cm³/mol. The van der Waals surface area contributed by atoms with Gasteiger partial charge in [0.2, 0.25) is 5.91 Å². The van der Waals surface area contributed by atoms with Crippen molar-refractivity contribution in [3.05, 3.63) is 0 Å². The number of likely N-dealkylation sites (N-methyl/N-ethyl adjacent to an activating group) is 1. The maximum atomic E-state index is 12.6. The van der Waals surface area contributed by atoms with E-state index >= 15 is 0 Å². The second-order valence-corrected chi connectivity index (χ2v) is 6.81. The Morgan fingerprint density at radius 2 is 1.47 bits per heavy atom. The molecule has 0 bridgehead atoms. The molecule has 0 rings (SSSR count). The van der Waals surface area contributed by atoms with Gasteiger partial charge in [-0.2, -0.15) is 0 Å². The zero-order chi connectivity index (χ0) is 15.1. The molecule has 3 heteroatoms. The summed E-state index contributed by atoms with van der Waals surface area (Å²) in [5.41, 5.74) is -0.456. The number of carbonyl (C=O) groups excluding carboxylic acids is 1. The van der Waals surface area contributed by atoms with Crippen LogP contribution in [0.4, 0.5) is 0 Å². The van der Waals surface area contributed by atoms with Crippen LogP contribution in [0.25, 0.3) is 0 Å². The van der Waals surface area contributed by atoms with E-state index in [1.165, 1.54) is 0 Å². The highest BCUT2D eigenvalue weighted by Crippen LogP contribution is 2.13. The zero-order valence-electron chi connectivity index (χ0n) is 14.0. The van der Waals surface area contributed by atoms with Crippen molar-refractivity contribution in [2.75, 3.05) is 19.6 Å². The van der Waals surface area contributed by atoms with Crippen LogP contribution in [-0.2, 0) is 4.79 Å². The van der Waals surface area contributed by atoms with Crippen molar-refractivity contribution >= 4 is 5.91 Å². The summed E-state index contributed by atoms with van der Waals surface area (Å²) in [4.78, 5) is 14.7. The van der Waals surface area contributed by atoms with Crippen molar-refractivity contribution in [1.29, 1.82) is 0 Å². The van der Waals surface area contributed by atoms with Gasteiger partial charge in [-0.05, 0) is 45.1 Å². The van der Waals surface area contributed by atoms with Gasteiger partial charge in [-0.15, -0.1) is 0 Å². The third-order valence-corrected chi connectivity index (χ3v) is 3.39. The van der Waals surface area contributed by atoms with E-state index in [-0.39, 0.29) is 5.91 Å². The van der Waals surface area contributed by atoms with Crippen LogP contribution in [0.3, 0.4) is 0 Å². The molecule has 0 aromatic heterocycles. The molecule has 0 aliphatic rings. The minimum atomic E-state index is -0.456. The summed E-state index contributed by atoms with van der Waals surface area (Å²) in [6.45, 7) is 17.4. The number of rotatable bonds is 9. The Bertz CT molecular complexity index is 247. The summed E-state index contributed by atoms with van der Waals surface area (Å²) in [6, 6.07) is 0. The van der Waals surface area contributed by atoms with Crippen LogP contribution < -0.4 is 5.32 Å². The molecule has 0 radical (unpaired) electrons. The molecule has 0 saturated carbocycles. The number of hydrogen-bond donors (Lipinski definition) is 1. The van der Waals surface area contributed by atoms with Crippen LogP contribution in [0, 0.1) is 11.8 Å². The standard InChI is InChI=1S/C16H34N2O/c1-8-17-16(6,7)15(19)18(11-9-13(2)3)12-10-14(4)5/h13-14,17H,8-12H2,1-7H3. The highest BCUT2D eigenvalue weighted by Gasteiger charge is 2.30. The van der Waals surface area contributed by atoms with Crippen molar-refractivity contribution in [3.63, 3.8) is 0 Å². The first-order valence-electron chi connectivity index (χ1n) is 7.75. The van der Waals surface area contributed by atoms with E-state index in [1.54, 1.807) is 0 Å². The monoisotopic (exact) mass is 270 g/mol. The molecule has 3 nitrogen and oxygen atoms in total. The van der Waals surface area contributed by atoms with Gasteiger partial charge in [0, 0.05) is 13.1 Å². The van der Waals surface area contributed by atoms with Gasteiger partial charge < -0.3 is 10.2 Å². The van der Waals surface area contributed by atoms with Gasteiger partial charge in [0.05, 0.1) is 5.54 Å². The fourth-order valence-electron chi connectivity index (χ4n) is 2.06. The summed E-state index contributed by atoms with van der Waals surface area (Å²) in [5, 5.41) is 3.29. The second-order valence-electron chi connectivity index (χ2n) is 6.81. The minimum Gasteiger partial charge on any atom is -0.341 e. The summed E-state index contributed by atoms with van der Waals surface area (Å²) < 4.78 is 0. The first-order chi connectivity index (χ1) is 8.70. The molecule has 0 atom stereocenters. The molecular formula is C16H34N2O. The number of nitrogens with one attached hydrogen (secondary N) is 1. The lowest BCUT2D eigenvalue weighted by Gasteiger charge is -2.33. The predicted octanol–water partition coefficient (Wildman–Crippen LogP) is 3.30. The van der Waals surface area contributed by atoms with E-state index in [9.17, 15) is 4.79 Å². The smallest absolute Gasteiger partial charge is 0.242 e. The van der Waals surface area contributed by atoms with Crippen LogP contribution in [-0.4, -0.2) is 36.0 Å². The third kappa shape index (κ3) is 7.56. The summed E-state index contributed by atoms with van der Waals surface area (Å²) in [6.07, 6.45) is 2.15. The molecule has 19 heavy (non-hydrogen) atoms. The summed E-state index contributed by atoms with van der Waals surface area (Å²) in [7, 11) is 0. The number of hydrogen-bond acceptors (Lipinski definition) is 2. The molecule has 0 aliphatic carbocycles. The van der Waals surface area contributed by atoms with Crippen LogP contribution in [0.1, 0.15) is 61.3 Å². The van der Waals surface area contributed by atoms with Crippen molar-refractivity contribution in [2.45, 2.75) is 66.8 Å². The quantitative estimate of drug-likeness (QED) is 0.697. The summed E-state index contributed by atoms with van der Waals surface area (Å²) in [5.74, 6) is 1.50. The maximum absolute atomic E-state index is 12.6. The van der Waals surface area contributed by atoms with Crippen molar-refractivity contribution in [1.82, 2.24) is 10.2 Å². The van der Waals surface area contributed by atoms with Gasteiger partial charge in [-0.25, -0.2) is 0 Å². The first kappa shape index (κ1) is 18.4. The normalized spacial score (nSPS) is 12.3. The Hall–Kier alpha value is -0.570. The Morgan fingerprint density at radius 3 is 1.79 bits per heavy atom. The van der Waals surface area contributed by atoms with Gasteiger partial charge in [0.1, 0.15) is 0 Å². The van der Waals surface area contributed by atoms with Gasteiger partial charge in [0.25, 0.3) is 0 Å². The fraction of sp³-hybridized carbons (Fsp3) is 0.938. The summed E-state index contributed by atoms with van der Waals surface area (Å²) >= 11 is 0. The maximum Gasteiger partial charge on any atom is 0.242 e. The van der Waals surface area contributed by atoms with Gasteiger partial charge in [0.15, 0.2) is 0 Å². The van der Waals surface area contributed by atoms with Gasteiger partial charge in [-0.1, -0.05) is 34.6 Å². The average molecular weight is 270 g/mol. The van der Waals surface area contributed by atoms with Crippen LogP contribution >= 0.6 is 0 Å². The SMILES string of the molecule is CCNC(C)(C)C(=O)N(CCC(C)C)CCC(C)C. The number of amides is 1. The van der Waals surface area contributed by atoms with E-state index in [2.05, 4.69) is 33.0 Å². The molecule has 0 aliphatic heterocycles. The Labute approximate surface area is 120 Å². The Morgan fingerprint density at radius 1 is 1.05 bits per heavy atom. The van der Waals surface area contributed by atoms with E-state index in [0.29, 0.717) is 11.8 Å². The lowest BCUT2D eigenvalue weighted by molar-refractivity contribution is -0.137. The number of nitrogens with zero attached hydrogens (tertiary/aromatic N) is 1. The minimum absolute atomic E-state index is 0.232. The molecule has 0 fully saturated rings. The second kappa shape index (κ2) is 8.57. The zero-order valence-corrected chi connectivity index (χ0v) is 14.0. The van der Waals surface area contributed by atoms with Crippen LogP contribution in [0.5, 0.6) is 0 Å². The molecule has 0 spiro atoms. The lowest BCUT2D eigenvalue weighted by atomic mass is 10.0. The van der Waals surface area contributed by atoms with Gasteiger partial charge in [-0.3, -0.25) is 4.79 Å². The largest absolute Gasteiger partial charge is 0.341 e. The Kier molecular flexibility index (Phi) is 8.31. The average Bonchev–Trinajstić information content (AvgIpc) is 2.27. The van der Waals surface area contributed by atoms with E-state index in [4.69, 9.17) is 0 Å². The molecule has 0 unspecified atom stereocenters. The highest BCUT2D eigenvalue weighted by molar-refractivity contribution is 5.85. The topological polar surface area (TPSA) is 32.3 Å². The number of carbonyl (C=O) groups is 1. The molecule has 1 N–H and O–H groups in total. The van der Waals surface area contributed by atoms with Crippen LogP contribution in [0.2, 0.25) is 0 Å². The fourth-order valence-corrected chi connectivity index (χ4v) is 2.06. The molecule has 0 saturated heterocycles. The van der Waals surface area contributed by atoms with Crippen molar-refractivity contribution in [2.24, 2.45) is 11.8 Å². The van der Waals surface area contributed by atoms with Crippen molar-refractivity contribution < 1.29 is 4.79 Å². The molecule has 0 aromatic carbocycles. The molecule has 114 valence electrons. The Balaban J connectivity index is 4.65. The van der Waals surface area contributed by atoms with E-state index in [1.807, 2.05) is 25.7 Å². The van der Waals surface area contributed by atoms with Crippen molar-refractivity contribution in [3.8, 4) is 0 Å². The molecule has 0 aromatic rings. The molecule has 1 amide bonds. The highest BCUT2D eigenvalue weighted by atomic mass is 16.2. The molecular weight excluding hydrogens is 236 g/mol. The first-order valence-corrected chi connectivity index (χ1v) is 7.75. The molecule has 0 heterocycles. The van der Waals surface area contributed by atoms with Gasteiger partial charge >= 0.3 is 0 Å². The van der Waals surface area contributed by atoms with E-state index < -0.39 is 5.54 Å². The van der Waals surface area contributed by atoms with E-state index in [0.717, 1.165) is 32.5 Å². The van der Waals surface area contributed by atoms with Crippen LogP contribution in [0.15, 0.2) is 0 Å².